The summed E-state index contributed by atoms with van der Waals surface area (Å²) >= 11 is 0. The van der Waals surface area contributed by atoms with Crippen molar-refractivity contribution in [2.24, 2.45) is 5.92 Å². The third-order valence-corrected chi connectivity index (χ3v) is 9.11. The Morgan fingerprint density at radius 3 is 2.30 bits per heavy atom. The third-order valence-electron chi connectivity index (χ3n) is 8.55. The molecule has 2 aliphatic heterocycles. The molecule has 14 nitrogen and oxygen atoms in total. The second kappa shape index (κ2) is 13.9. The molecule has 15 heteroatoms. The molecule has 3 aromatic heterocycles. The van der Waals surface area contributed by atoms with Crippen LogP contribution in [0, 0.1) is 17.2 Å². The van der Waals surface area contributed by atoms with Gasteiger partial charge in [-0.3, -0.25) is 4.79 Å². The minimum atomic E-state index is -3.89. The number of ether oxygens (including phenoxy) is 2. The highest BCUT2D eigenvalue weighted by molar-refractivity contribution is 7.89. The van der Waals surface area contributed by atoms with E-state index in [1.54, 1.807) is 15.8 Å². The number of anilines is 1. The van der Waals surface area contributed by atoms with E-state index in [-0.39, 0.29) is 35.3 Å². The Balaban J connectivity index is 1.40. The highest BCUT2D eigenvalue weighted by atomic mass is 32.2. The number of likely N-dealkylation sites (tertiary alicyclic amines) is 1. The summed E-state index contributed by atoms with van der Waals surface area (Å²) in [4.78, 5) is 39.1. The minimum absolute atomic E-state index is 0.0382. The molecule has 4 aromatic rings. The van der Waals surface area contributed by atoms with Gasteiger partial charge >= 0.3 is 6.09 Å². The van der Waals surface area contributed by atoms with Gasteiger partial charge in [0.15, 0.2) is 5.65 Å². The maximum atomic E-state index is 13.2. The highest BCUT2D eigenvalue weighted by Gasteiger charge is 2.30. The molecule has 5 heterocycles. The molecule has 1 N–H and O–H groups in total. The largest absolute Gasteiger partial charge is 0.473 e. The molecule has 0 spiro atoms. The number of carbonyl (C=O) groups excluding carboxylic acids is 2. The Hall–Kier alpha value is -5.23. The molecular weight excluding hydrogens is 661 g/mol. The maximum Gasteiger partial charge on any atom is 0.410 e. The van der Waals surface area contributed by atoms with Crippen LogP contribution in [-0.2, 0) is 14.8 Å². The van der Waals surface area contributed by atoms with Crippen LogP contribution in [0.3, 0.4) is 0 Å². The number of hydrogen-bond acceptors (Lipinski definition) is 11. The number of nitriles is 1. The van der Waals surface area contributed by atoms with Crippen LogP contribution in [0.5, 0.6) is 5.88 Å². The van der Waals surface area contributed by atoms with E-state index in [0.29, 0.717) is 61.2 Å². The van der Waals surface area contributed by atoms with Gasteiger partial charge in [0.1, 0.15) is 23.2 Å². The lowest BCUT2D eigenvalue weighted by Crippen LogP contribution is -2.44. The van der Waals surface area contributed by atoms with Crippen LogP contribution < -0.4 is 14.4 Å². The van der Waals surface area contributed by atoms with Gasteiger partial charge in [-0.25, -0.2) is 32.6 Å². The lowest BCUT2D eigenvalue weighted by Gasteiger charge is -2.33. The summed E-state index contributed by atoms with van der Waals surface area (Å²) in [5.74, 6) is 0.188. The lowest BCUT2D eigenvalue weighted by molar-refractivity contribution is 0.0123. The van der Waals surface area contributed by atoms with E-state index in [4.69, 9.17) is 19.6 Å². The molecule has 2 fully saturated rings. The van der Waals surface area contributed by atoms with Crippen molar-refractivity contribution < 1.29 is 27.5 Å². The average molecular weight is 701 g/mol. The van der Waals surface area contributed by atoms with Gasteiger partial charge in [-0.05, 0) is 63.9 Å². The quantitative estimate of drug-likeness (QED) is 0.283. The summed E-state index contributed by atoms with van der Waals surface area (Å²) < 4.78 is 39.8. The molecule has 0 atom stereocenters. The first-order valence-corrected chi connectivity index (χ1v) is 18.4. The topological polar surface area (TPSA) is 173 Å². The number of aromatic nitrogens is 4. The van der Waals surface area contributed by atoms with E-state index < -0.39 is 21.5 Å². The van der Waals surface area contributed by atoms with Crippen molar-refractivity contribution in [1.29, 1.82) is 5.26 Å². The lowest BCUT2D eigenvalue weighted by atomic mass is 9.98. The number of hydrogen-bond donors (Lipinski definition) is 1. The molecule has 0 aliphatic carbocycles. The molecule has 0 unspecified atom stereocenters. The van der Waals surface area contributed by atoms with Crippen molar-refractivity contribution in [2.75, 3.05) is 37.3 Å². The Kier molecular flexibility index (Phi) is 9.66. The zero-order valence-corrected chi connectivity index (χ0v) is 29.3. The normalized spacial score (nSPS) is 16.2. The van der Waals surface area contributed by atoms with E-state index >= 15 is 0 Å². The van der Waals surface area contributed by atoms with Crippen molar-refractivity contribution >= 4 is 38.9 Å². The van der Waals surface area contributed by atoms with Gasteiger partial charge in [0.25, 0.3) is 5.91 Å². The number of rotatable bonds is 7. The Morgan fingerprint density at radius 2 is 1.70 bits per heavy atom. The molecule has 262 valence electrons. The number of benzene rings is 1. The van der Waals surface area contributed by atoms with Gasteiger partial charge in [-0.1, -0.05) is 18.2 Å². The Morgan fingerprint density at radius 1 is 1.00 bits per heavy atom. The van der Waals surface area contributed by atoms with E-state index in [1.165, 1.54) is 6.07 Å². The number of sulfonamides is 1. The molecular formula is C35H40N8O6S. The van der Waals surface area contributed by atoms with Crippen LogP contribution in [0.1, 0.15) is 56.9 Å². The van der Waals surface area contributed by atoms with E-state index in [9.17, 15) is 23.3 Å². The third kappa shape index (κ3) is 7.97. The maximum absolute atomic E-state index is 13.2. The first-order valence-electron chi connectivity index (χ1n) is 16.5. The van der Waals surface area contributed by atoms with Gasteiger partial charge in [0, 0.05) is 62.3 Å². The summed E-state index contributed by atoms with van der Waals surface area (Å²) in [6.07, 6.45) is 4.55. The van der Waals surface area contributed by atoms with Gasteiger partial charge in [0.2, 0.25) is 15.9 Å². The van der Waals surface area contributed by atoms with E-state index in [1.807, 2.05) is 68.0 Å². The molecule has 2 amide bonds. The van der Waals surface area contributed by atoms with Crippen LogP contribution in [0.2, 0.25) is 0 Å². The van der Waals surface area contributed by atoms with Crippen LogP contribution in [0.25, 0.3) is 27.8 Å². The smallest absolute Gasteiger partial charge is 0.410 e. The molecule has 0 bridgehead atoms. The fraction of sp³-hybridized carbons (Fsp3) is 0.429. The fourth-order valence-electron chi connectivity index (χ4n) is 6.09. The zero-order valence-electron chi connectivity index (χ0n) is 28.5. The number of amides is 2. The van der Waals surface area contributed by atoms with Gasteiger partial charge < -0.3 is 19.3 Å². The molecule has 0 saturated carbocycles. The van der Waals surface area contributed by atoms with Crippen LogP contribution in [0.15, 0.2) is 54.7 Å². The van der Waals surface area contributed by atoms with Crippen molar-refractivity contribution in [1.82, 2.24) is 29.4 Å². The van der Waals surface area contributed by atoms with E-state index in [2.05, 4.69) is 16.0 Å². The summed E-state index contributed by atoms with van der Waals surface area (Å²) in [5.41, 5.74) is 1.37. The molecule has 6 rings (SSSR count). The van der Waals surface area contributed by atoms with Gasteiger partial charge in [-0.15, -0.1) is 5.10 Å². The van der Waals surface area contributed by atoms with Crippen molar-refractivity contribution in [3.63, 3.8) is 0 Å². The number of nitrogens with one attached hydrogen (secondary N) is 1. The first kappa shape index (κ1) is 34.6. The number of nitrogens with zero attached hydrogens (tertiary/aromatic N) is 7. The predicted octanol–water partition coefficient (Wildman–Crippen LogP) is 4.69. The van der Waals surface area contributed by atoms with Crippen molar-refractivity contribution in [3.05, 3.63) is 60.4 Å². The van der Waals surface area contributed by atoms with Crippen molar-refractivity contribution in [2.45, 2.75) is 58.2 Å². The SMILES string of the molecule is CC(C)(C)OC(=O)N1CCC(Oc2nn(-c3ccccc3)c3nc(C(=O)NS(C)(=O)=O)cc(-c4ccc(N5CCC(C#N)CC5)nc4)c23)CC1. The summed E-state index contributed by atoms with van der Waals surface area (Å²) in [5, 5.41) is 14.7. The fourth-order valence-corrected chi connectivity index (χ4v) is 6.53. The molecule has 2 saturated heterocycles. The number of piperidine rings is 2. The zero-order chi connectivity index (χ0) is 35.6. The summed E-state index contributed by atoms with van der Waals surface area (Å²) in [6.45, 7) is 7.81. The van der Waals surface area contributed by atoms with E-state index in [0.717, 1.165) is 24.9 Å². The summed E-state index contributed by atoms with van der Waals surface area (Å²) in [7, 11) is -3.89. The first-order chi connectivity index (χ1) is 23.8. The molecule has 1 aromatic carbocycles. The predicted molar refractivity (Wildman–Crippen MR) is 186 cm³/mol. The van der Waals surface area contributed by atoms with Crippen LogP contribution in [-0.4, -0.2) is 89.2 Å². The van der Waals surface area contributed by atoms with Crippen LogP contribution >= 0.6 is 0 Å². The second-order valence-electron chi connectivity index (χ2n) is 13.6. The van der Waals surface area contributed by atoms with Gasteiger partial charge in [-0.2, -0.15) is 5.26 Å². The summed E-state index contributed by atoms with van der Waals surface area (Å²) in [6, 6.07) is 16.9. The Bertz CT molecular complexity index is 2020. The van der Waals surface area contributed by atoms with Crippen LogP contribution in [0.4, 0.5) is 10.6 Å². The number of pyridine rings is 2. The minimum Gasteiger partial charge on any atom is -0.473 e. The van der Waals surface area contributed by atoms with Gasteiger partial charge in [0.05, 0.1) is 23.4 Å². The average Bonchev–Trinajstić information content (AvgIpc) is 3.45. The number of para-hydroxylation sites is 1. The monoisotopic (exact) mass is 700 g/mol. The highest BCUT2D eigenvalue weighted by Crippen LogP contribution is 2.38. The number of fused-ring (bicyclic) bond motifs is 1. The molecule has 2 aliphatic rings. The van der Waals surface area contributed by atoms with Crippen molar-refractivity contribution in [3.8, 4) is 28.8 Å². The second-order valence-corrected chi connectivity index (χ2v) is 15.3. The standard InChI is InChI=1S/C35H40N8O6S/c1-35(2,3)49-34(45)42-18-14-26(15-19-42)48-33-30-27(24-10-11-29(37-22-24)41-16-12-23(21-36)13-17-41)20-28(32(44)40-50(4,46)47)38-31(30)43(39-33)25-8-6-5-7-9-25/h5-11,20,22-23,26H,12-19H2,1-4H3,(H,40,44). The number of carbonyl (C=O) groups is 2. The Labute approximate surface area is 291 Å². The molecule has 50 heavy (non-hydrogen) atoms. The molecule has 0 radical (unpaired) electrons.